The summed E-state index contributed by atoms with van der Waals surface area (Å²) in [5.41, 5.74) is 4.19. The number of para-hydroxylation sites is 1. The normalized spacial score (nSPS) is 18.9. The third-order valence-electron chi connectivity index (χ3n) is 4.19. The lowest BCUT2D eigenvalue weighted by atomic mass is 9.91. The summed E-state index contributed by atoms with van der Waals surface area (Å²) in [4.78, 5) is 17.8. The van der Waals surface area contributed by atoms with Gasteiger partial charge in [-0.15, -0.1) is 0 Å². The molecule has 114 valence electrons. The Balaban J connectivity index is 1.90. The Morgan fingerprint density at radius 1 is 1.17 bits per heavy atom. The van der Waals surface area contributed by atoms with Crippen molar-refractivity contribution in [1.29, 1.82) is 0 Å². The SMILES string of the molecule is CC(=O)N1C=CC(=C2c3ccccc3Oc3cccnc32)CC1. The summed E-state index contributed by atoms with van der Waals surface area (Å²) in [5.74, 6) is 1.69. The third kappa shape index (κ3) is 2.32. The van der Waals surface area contributed by atoms with Crippen molar-refractivity contribution in [2.24, 2.45) is 0 Å². The smallest absolute Gasteiger partial charge is 0.223 e. The molecular weight excluding hydrogens is 288 g/mol. The number of amides is 1. The van der Waals surface area contributed by atoms with Crippen LogP contribution in [0.5, 0.6) is 11.5 Å². The van der Waals surface area contributed by atoms with Crippen molar-refractivity contribution in [3.8, 4) is 11.5 Å². The molecule has 3 heterocycles. The average Bonchev–Trinajstić information content (AvgIpc) is 2.59. The van der Waals surface area contributed by atoms with E-state index in [0.717, 1.165) is 34.8 Å². The molecular formula is C19H16N2O2. The van der Waals surface area contributed by atoms with Gasteiger partial charge in [-0.25, -0.2) is 0 Å². The fourth-order valence-corrected chi connectivity index (χ4v) is 3.04. The highest BCUT2D eigenvalue weighted by atomic mass is 16.5. The van der Waals surface area contributed by atoms with Crippen LogP contribution in [-0.4, -0.2) is 22.3 Å². The predicted octanol–water partition coefficient (Wildman–Crippen LogP) is 3.76. The van der Waals surface area contributed by atoms with Gasteiger partial charge in [0.1, 0.15) is 11.4 Å². The minimum Gasteiger partial charge on any atom is -0.454 e. The zero-order valence-corrected chi connectivity index (χ0v) is 12.8. The number of hydrogen-bond acceptors (Lipinski definition) is 3. The van der Waals surface area contributed by atoms with Crippen molar-refractivity contribution >= 4 is 11.5 Å². The van der Waals surface area contributed by atoms with Gasteiger partial charge in [0.05, 0.1) is 0 Å². The van der Waals surface area contributed by atoms with Gasteiger partial charge in [0.2, 0.25) is 5.91 Å². The molecule has 1 aromatic heterocycles. The second kappa shape index (κ2) is 5.39. The molecule has 0 atom stereocenters. The molecule has 0 aliphatic carbocycles. The van der Waals surface area contributed by atoms with Crippen molar-refractivity contribution in [3.63, 3.8) is 0 Å². The first-order valence-corrected chi connectivity index (χ1v) is 7.65. The summed E-state index contributed by atoms with van der Waals surface area (Å²) in [6.45, 7) is 2.28. The molecule has 23 heavy (non-hydrogen) atoms. The second-order valence-electron chi connectivity index (χ2n) is 5.63. The maximum absolute atomic E-state index is 11.5. The molecule has 0 saturated carbocycles. The Morgan fingerprint density at radius 3 is 2.78 bits per heavy atom. The number of carbonyl (C=O) groups is 1. The van der Waals surface area contributed by atoms with Crippen LogP contribution in [0.25, 0.3) is 5.57 Å². The zero-order valence-electron chi connectivity index (χ0n) is 12.8. The standard InChI is InChI=1S/C19H16N2O2/c1-13(22)21-11-8-14(9-12-21)18-15-5-2-3-6-16(15)23-17-7-4-10-20-19(17)18/h2-8,10-11H,9,12H2,1H3. The highest BCUT2D eigenvalue weighted by molar-refractivity contribution is 5.89. The minimum absolute atomic E-state index is 0.0659. The van der Waals surface area contributed by atoms with Crippen molar-refractivity contribution in [1.82, 2.24) is 9.88 Å². The Morgan fingerprint density at radius 2 is 2.00 bits per heavy atom. The van der Waals surface area contributed by atoms with E-state index in [9.17, 15) is 4.79 Å². The molecule has 1 amide bonds. The molecule has 4 rings (SSSR count). The van der Waals surface area contributed by atoms with E-state index in [1.165, 1.54) is 5.57 Å². The molecule has 1 aromatic carbocycles. The van der Waals surface area contributed by atoms with Crippen LogP contribution in [0.3, 0.4) is 0 Å². The molecule has 0 radical (unpaired) electrons. The van der Waals surface area contributed by atoms with Gasteiger partial charge in [0.25, 0.3) is 0 Å². The molecule has 4 nitrogen and oxygen atoms in total. The number of hydrogen-bond donors (Lipinski definition) is 0. The molecule has 0 saturated heterocycles. The summed E-state index contributed by atoms with van der Waals surface area (Å²) in [5, 5.41) is 0. The largest absolute Gasteiger partial charge is 0.454 e. The van der Waals surface area contributed by atoms with Gasteiger partial charge >= 0.3 is 0 Å². The van der Waals surface area contributed by atoms with Crippen LogP contribution in [0.1, 0.15) is 24.6 Å². The van der Waals surface area contributed by atoms with E-state index < -0.39 is 0 Å². The van der Waals surface area contributed by atoms with Gasteiger partial charge in [0, 0.05) is 37.0 Å². The van der Waals surface area contributed by atoms with E-state index >= 15 is 0 Å². The highest BCUT2D eigenvalue weighted by Gasteiger charge is 2.26. The van der Waals surface area contributed by atoms with Crippen molar-refractivity contribution in [2.45, 2.75) is 13.3 Å². The van der Waals surface area contributed by atoms with Gasteiger partial charge in [-0.2, -0.15) is 0 Å². The topological polar surface area (TPSA) is 42.4 Å². The Kier molecular flexibility index (Phi) is 3.23. The number of allylic oxidation sites excluding steroid dienone is 1. The van der Waals surface area contributed by atoms with Crippen LogP contribution in [-0.2, 0) is 4.79 Å². The number of ether oxygens (including phenoxy) is 1. The summed E-state index contributed by atoms with van der Waals surface area (Å²) in [6, 6.07) is 11.8. The van der Waals surface area contributed by atoms with E-state index in [2.05, 4.69) is 11.1 Å². The van der Waals surface area contributed by atoms with Gasteiger partial charge in [0.15, 0.2) is 5.75 Å². The van der Waals surface area contributed by atoms with Crippen molar-refractivity contribution in [3.05, 3.63) is 71.7 Å². The van der Waals surface area contributed by atoms with Gasteiger partial charge < -0.3 is 9.64 Å². The first-order valence-electron chi connectivity index (χ1n) is 7.65. The van der Waals surface area contributed by atoms with Crippen LogP contribution in [0.4, 0.5) is 0 Å². The predicted molar refractivity (Wildman–Crippen MR) is 87.9 cm³/mol. The van der Waals surface area contributed by atoms with E-state index in [0.29, 0.717) is 6.54 Å². The second-order valence-corrected chi connectivity index (χ2v) is 5.63. The molecule has 0 bridgehead atoms. The number of nitrogens with zero attached hydrogens (tertiary/aromatic N) is 2. The zero-order chi connectivity index (χ0) is 15.8. The van der Waals surface area contributed by atoms with Gasteiger partial charge in [-0.3, -0.25) is 9.78 Å². The lowest BCUT2D eigenvalue weighted by Gasteiger charge is -2.27. The summed E-state index contributed by atoms with van der Waals surface area (Å²) < 4.78 is 5.97. The van der Waals surface area contributed by atoms with Crippen LogP contribution >= 0.6 is 0 Å². The van der Waals surface area contributed by atoms with Crippen molar-refractivity contribution < 1.29 is 9.53 Å². The molecule has 0 spiro atoms. The van der Waals surface area contributed by atoms with Crippen LogP contribution < -0.4 is 4.74 Å². The number of benzene rings is 1. The fraction of sp³-hybridized carbons (Fsp3) is 0.158. The van der Waals surface area contributed by atoms with Crippen LogP contribution in [0.2, 0.25) is 0 Å². The summed E-state index contributed by atoms with van der Waals surface area (Å²) in [6.07, 6.45) is 6.45. The van der Waals surface area contributed by atoms with Gasteiger partial charge in [-0.1, -0.05) is 18.2 Å². The quantitative estimate of drug-likeness (QED) is 0.635. The molecule has 0 fully saturated rings. The fourth-order valence-electron chi connectivity index (χ4n) is 3.04. The molecule has 2 aromatic rings. The first-order chi connectivity index (χ1) is 11.2. The molecule has 2 aliphatic rings. The molecule has 0 N–H and O–H groups in total. The van der Waals surface area contributed by atoms with E-state index in [1.54, 1.807) is 18.0 Å². The Hall–Kier alpha value is -2.88. The lowest BCUT2D eigenvalue weighted by molar-refractivity contribution is -0.126. The summed E-state index contributed by atoms with van der Waals surface area (Å²) in [7, 11) is 0. The third-order valence-corrected chi connectivity index (χ3v) is 4.19. The number of carbonyl (C=O) groups excluding carboxylic acids is 1. The maximum Gasteiger partial charge on any atom is 0.223 e. The molecule has 0 unspecified atom stereocenters. The number of pyridine rings is 1. The van der Waals surface area contributed by atoms with E-state index in [1.807, 2.05) is 42.6 Å². The number of rotatable bonds is 0. The maximum atomic E-state index is 11.5. The average molecular weight is 304 g/mol. The van der Waals surface area contributed by atoms with Crippen LogP contribution in [0, 0.1) is 0 Å². The minimum atomic E-state index is 0.0659. The Bertz CT molecular complexity index is 804. The van der Waals surface area contributed by atoms with E-state index in [-0.39, 0.29) is 5.91 Å². The lowest BCUT2D eigenvalue weighted by Crippen LogP contribution is -2.26. The molecule has 2 aliphatic heterocycles. The number of fused-ring (bicyclic) bond motifs is 2. The monoisotopic (exact) mass is 304 g/mol. The summed E-state index contributed by atoms with van der Waals surface area (Å²) >= 11 is 0. The van der Waals surface area contributed by atoms with Crippen molar-refractivity contribution in [2.75, 3.05) is 6.54 Å². The number of aromatic nitrogens is 1. The highest BCUT2D eigenvalue weighted by Crippen LogP contribution is 2.44. The molecule has 4 heteroatoms. The van der Waals surface area contributed by atoms with Crippen LogP contribution in [0.15, 0.2) is 60.4 Å². The van der Waals surface area contributed by atoms with E-state index in [4.69, 9.17) is 4.74 Å². The Labute approximate surface area is 134 Å². The van der Waals surface area contributed by atoms with Gasteiger partial charge in [-0.05, 0) is 36.3 Å². The first kappa shape index (κ1) is 13.8.